The van der Waals surface area contributed by atoms with E-state index in [0.717, 1.165) is 19.0 Å². The van der Waals surface area contributed by atoms with E-state index in [-0.39, 0.29) is 6.10 Å². The number of likely N-dealkylation sites (tertiary alicyclic amines) is 1. The van der Waals surface area contributed by atoms with E-state index in [4.69, 9.17) is 0 Å². The lowest BCUT2D eigenvalue weighted by molar-refractivity contribution is 0.116. The van der Waals surface area contributed by atoms with Crippen LogP contribution in [0.4, 0.5) is 0 Å². The fourth-order valence-electron chi connectivity index (χ4n) is 2.01. The van der Waals surface area contributed by atoms with Crippen molar-refractivity contribution in [2.24, 2.45) is 0 Å². The van der Waals surface area contributed by atoms with Gasteiger partial charge in [0.2, 0.25) is 0 Å². The topological polar surface area (TPSA) is 26.7 Å². The van der Waals surface area contributed by atoms with Gasteiger partial charge >= 0.3 is 0 Å². The molecule has 84 valence electrons. The highest BCUT2D eigenvalue weighted by Gasteiger charge is 2.20. The number of aliphatic hydroxyl groups excluding tert-OH is 1. The van der Waals surface area contributed by atoms with Gasteiger partial charge in [-0.1, -0.05) is 0 Å². The zero-order valence-corrected chi connectivity index (χ0v) is 9.74. The molecule has 0 spiro atoms. The molecule has 1 fully saturated rings. The van der Waals surface area contributed by atoms with Gasteiger partial charge in [-0.25, -0.2) is 0 Å². The summed E-state index contributed by atoms with van der Waals surface area (Å²) in [6.07, 6.45) is 3.27. The minimum Gasteiger partial charge on any atom is -0.393 e. The number of hydrogen-bond acceptors (Lipinski definition) is 3. The molecule has 1 aliphatic rings. The van der Waals surface area contributed by atoms with Gasteiger partial charge in [0.15, 0.2) is 0 Å². The molecule has 1 N–H and O–H groups in total. The highest BCUT2D eigenvalue weighted by molar-refractivity contribution is 4.76. The number of rotatable bonds is 4. The van der Waals surface area contributed by atoms with Gasteiger partial charge in [-0.3, -0.25) is 0 Å². The number of aliphatic hydroxyl groups is 1. The Kier molecular flexibility index (Phi) is 4.85. The zero-order valence-electron chi connectivity index (χ0n) is 9.74. The summed E-state index contributed by atoms with van der Waals surface area (Å²) in [4.78, 5) is 4.79. The summed E-state index contributed by atoms with van der Waals surface area (Å²) in [6.45, 7) is 5.31. The Bertz CT molecular complexity index is 153. The second-order valence-electron chi connectivity index (χ2n) is 4.65. The molecule has 0 radical (unpaired) electrons. The molecule has 0 aromatic rings. The molecule has 1 atom stereocenters. The first-order valence-corrected chi connectivity index (χ1v) is 5.66. The lowest BCUT2D eigenvalue weighted by atomic mass is 10.0. The third-order valence-electron chi connectivity index (χ3n) is 3.21. The van der Waals surface area contributed by atoms with E-state index in [1.165, 1.54) is 25.9 Å². The van der Waals surface area contributed by atoms with Crippen molar-refractivity contribution in [3.63, 3.8) is 0 Å². The molecule has 3 nitrogen and oxygen atoms in total. The third kappa shape index (κ3) is 3.95. The first kappa shape index (κ1) is 12.0. The fraction of sp³-hybridized carbons (Fsp3) is 1.00. The highest BCUT2D eigenvalue weighted by Crippen LogP contribution is 2.14. The van der Waals surface area contributed by atoms with Crippen molar-refractivity contribution >= 4 is 0 Å². The van der Waals surface area contributed by atoms with Crippen LogP contribution in [-0.2, 0) is 0 Å². The Morgan fingerprint density at radius 2 is 2.00 bits per heavy atom. The van der Waals surface area contributed by atoms with Crippen molar-refractivity contribution in [1.82, 2.24) is 9.80 Å². The molecular weight excluding hydrogens is 176 g/mol. The van der Waals surface area contributed by atoms with Crippen molar-refractivity contribution in [2.75, 3.05) is 33.7 Å². The zero-order chi connectivity index (χ0) is 10.6. The van der Waals surface area contributed by atoms with E-state index in [9.17, 15) is 5.11 Å². The molecule has 14 heavy (non-hydrogen) atoms. The Morgan fingerprint density at radius 1 is 1.43 bits per heavy atom. The quantitative estimate of drug-likeness (QED) is 0.726. The Hall–Kier alpha value is -0.120. The van der Waals surface area contributed by atoms with E-state index in [1.54, 1.807) is 0 Å². The number of hydrogen-bond donors (Lipinski definition) is 1. The minimum atomic E-state index is -0.163. The maximum Gasteiger partial charge on any atom is 0.0524 e. The molecule has 0 aromatic heterocycles. The van der Waals surface area contributed by atoms with Gasteiger partial charge in [-0.05, 0) is 53.4 Å². The molecule has 0 amide bonds. The van der Waals surface area contributed by atoms with Crippen LogP contribution in [0.15, 0.2) is 0 Å². The van der Waals surface area contributed by atoms with Crippen LogP contribution >= 0.6 is 0 Å². The summed E-state index contributed by atoms with van der Waals surface area (Å²) < 4.78 is 0. The lowest BCUT2D eigenvalue weighted by Gasteiger charge is -2.35. The molecule has 0 bridgehead atoms. The van der Waals surface area contributed by atoms with Crippen molar-refractivity contribution in [2.45, 2.75) is 38.3 Å². The van der Waals surface area contributed by atoms with Crippen LogP contribution in [-0.4, -0.2) is 60.8 Å². The molecule has 1 saturated heterocycles. The van der Waals surface area contributed by atoms with Gasteiger partial charge in [0.05, 0.1) is 6.10 Å². The van der Waals surface area contributed by atoms with Crippen LogP contribution in [0, 0.1) is 0 Å². The van der Waals surface area contributed by atoms with Crippen molar-refractivity contribution in [1.29, 1.82) is 0 Å². The predicted octanol–water partition coefficient (Wildman–Crippen LogP) is 0.783. The summed E-state index contributed by atoms with van der Waals surface area (Å²) in [7, 11) is 4.37. The Balaban J connectivity index is 2.20. The van der Waals surface area contributed by atoms with Crippen molar-refractivity contribution < 1.29 is 5.11 Å². The maximum atomic E-state index is 9.21. The van der Waals surface area contributed by atoms with E-state index >= 15 is 0 Å². The van der Waals surface area contributed by atoms with E-state index in [0.29, 0.717) is 0 Å². The molecule has 0 saturated carbocycles. The maximum absolute atomic E-state index is 9.21. The molecule has 1 aliphatic heterocycles. The van der Waals surface area contributed by atoms with Gasteiger partial charge < -0.3 is 14.9 Å². The fourth-order valence-corrected chi connectivity index (χ4v) is 2.01. The first-order chi connectivity index (χ1) is 6.59. The molecule has 0 aliphatic carbocycles. The third-order valence-corrected chi connectivity index (χ3v) is 3.21. The summed E-state index contributed by atoms with van der Waals surface area (Å²) in [5.41, 5.74) is 0. The van der Waals surface area contributed by atoms with Crippen LogP contribution in [0.5, 0.6) is 0 Å². The minimum absolute atomic E-state index is 0.163. The molecule has 1 unspecified atom stereocenters. The predicted molar refractivity (Wildman–Crippen MR) is 59.4 cm³/mol. The van der Waals surface area contributed by atoms with E-state index in [1.807, 2.05) is 6.92 Å². The Morgan fingerprint density at radius 3 is 2.50 bits per heavy atom. The average molecular weight is 200 g/mol. The van der Waals surface area contributed by atoms with Gasteiger partial charge in [-0.2, -0.15) is 0 Å². The smallest absolute Gasteiger partial charge is 0.0524 e. The van der Waals surface area contributed by atoms with Gasteiger partial charge in [0, 0.05) is 12.6 Å². The van der Waals surface area contributed by atoms with Crippen molar-refractivity contribution in [3.05, 3.63) is 0 Å². The SMILES string of the molecule is CC(O)CCN(C)C1CCN(C)CC1. The Labute approximate surface area is 87.7 Å². The average Bonchev–Trinajstić information content (AvgIpc) is 2.15. The summed E-state index contributed by atoms with van der Waals surface area (Å²) in [5.74, 6) is 0. The second-order valence-corrected chi connectivity index (χ2v) is 4.65. The van der Waals surface area contributed by atoms with E-state index in [2.05, 4.69) is 23.9 Å². The summed E-state index contributed by atoms with van der Waals surface area (Å²) in [5, 5.41) is 9.21. The number of nitrogens with zero attached hydrogens (tertiary/aromatic N) is 2. The molecule has 1 rings (SSSR count). The van der Waals surface area contributed by atoms with Crippen LogP contribution in [0.1, 0.15) is 26.2 Å². The van der Waals surface area contributed by atoms with Gasteiger partial charge in [0.1, 0.15) is 0 Å². The lowest BCUT2D eigenvalue weighted by Crippen LogP contribution is -2.42. The standard InChI is InChI=1S/C11H24N2O/c1-10(14)4-9-13(3)11-5-7-12(2)8-6-11/h10-11,14H,4-9H2,1-3H3. The summed E-state index contributed by atoms with van der Waals surface area (Å²) >= 11 is 0. The van der Waals surface area contributed by atoms with Crippen molar-refractivity contribution in [3.8, 4) is 0 Å². The molecule has 3 heteroatoms. The first-order valence-electron chi connectivity index (χ1n) is 5.66. The highest BCUT2D eigenvalue weighted by atomic mass is 16.3. The second kappa shape index (κ2) is 5.69. The normalized spacial score (nSPS) is 22.9. The van der Waals surface area contributed by atoms with Crippen LogP contribution in [0.3, 0.4) is 0 Å². The molecular formula is C11H24N2O. The van der Waals surface area contributed by atoms with Gasteiger partial charge in [0.25, 0.3) is 0 Å². The van der Waals surface area contributed by atoms with Crippen LogP contribution in [0.2, 0.25) is 0 Å². The van der Waals surface area contributed by atoms with Crippen LogP contribution in [0.25, 0.3) is 0 Å². The monoisotopic (exact) mass is 200 g/mol. The van der Waals surface area contributed by atoms with Gasteiger partial charge in [-0.15, -0.1) is 0 Å². The number of piperidine rings is 1. The largest absolute Gasteiger partial charge is 0.393 e. The summed E-state index contributed by atoms with van der Waals surface area (Å²) in [6, 6.07) is 0.727. The van der Waals surface area contributed by atoms with Crippen LogP contribution < -0.4 is 0 Å². The molecule has 1 heterocycles. The van der Waals surface area contributed by atoms with E-state index < -0.39 is 0 Å². The molecule has 0 aromatic carbocycles.